The first-order chi connectivity index (χ1) is 11.4. The number of sulfonamides is 1. The molecular weight excluding hydrogens is 509 g/mol. The molecule has 0 aliphatic rings. The summed E-state index contributed by atoms with van der Waals surface area (Å²) in [5.41, 5.74) is 1.09. The Morgan fingerprint density at radius 1 is 1.21 bits per heavy atom. The number of benzene rings is 2. The summed E-state index contributed by atoms with van der Waals surface area (Å²) in [4.78, 5) is 0.187. The van der Waals surface area contributed by atoms with Crippen LogP contribution in [-0.2, 0) is 10.0 Å². The zero-order valence-electron chi connectivity index (χ0n) is 12.7. The van der Waals surface area contributed by atoms with Gasteiger partial charge in [0.25, 0.3) is 10.0 Å². The van der Waals surface area contributed by atoms with Crippen LogP contribution in [0.25, 0.3) is 10.9 Å². The lowest BCUT2D eigenvalue weighted by molar-refractivity contribution is 0.414. The van der Waals surface area contributed by atoms with Gasteiger partial charge in [-0.25, -0.2) is 8.42 Å². The van der Waals surface area contributed by atoms with Crippen LogP contribution < -0.4 is 9.04 Å². The number of rotatable bonds is 4. The number of hydrogen-bond acceptors (Lipinski definition) is 4. The van der Waals surface area contributed by atoms with Crippen LogP contribution in [0, 0.1) is 3.57 Å². The molecule has 0 spiro atoms. The molecule has 0 aliphatic carbocycles. The number of nitrogens with zero attached hydrogens (tertiary/aromatic N) is 2. The van der Waals surface area contributed by atoms with Crippen LogP contribution >= 0.6 is 38.5 Å². The van der Waals surface area contributed by atoms with E-state index >= 15 is 0 Å². The van der Waals surface area contributed by atoms with Crippen molar-refractivity contribution in [1.29, 1.82) is 0 Å². The number of anilines is 1. The van der Waals surface area contributed by atoms with Gasteiger partial charge in [0.2, 0.25) is 0 Å². The minimum atomic E-state index is -3.71. The third-order valence-electron chi connectivity index (χ3n) is 3.65. The van der Waals surface area contributed by atoms with E-state index in [2.05, 4.69) is 48.7 Å². The first kappa shape index (κ1) is 17.5. The Balaban J connectivity index is 2.10. The van der Waals surface area contributed by atoms with Gasteiger partial charge in [0.1, 0.15) is 15.9 Å². The summed E-state index contributed by atoms with van der Waals surface area (Å²) in [6.45, 7) is 0. The fourth-order valence-corrected chi connectivity index (χ4v) is 5.10. The van der Waals surface area contributed by atoms with Gasteiger partial charge >= 0.3 is 0 Å². The highest BCUT2D eigenvalue weighted by Gasteiger charge is 2.24. The molecule has 0 amide bonds. The standard InChI is InChI=1S/C15H13BrIN3O3S/c1-20(24(21,22)10-5-3-9(23-2)4-6-10)12-8-7-11(17)13-14(12)18-19-15(13)16/h3-8H,1-2H3,(H,18,19). The number of methoxy groups -OCH3 is 1. The van der Waals surface area contributed by atoms with Crippen molar-refractivity contribution >= 4 is 65.1 Å². The molecular formula is C15H13BrIN3O3S. The highest BCUT2D eigenvalue weighted by molar-refractivity contribution is 14.1. The first-order valence-electron chi connectivity index (χ1n) is 6.81. The highest BCUT2D eigenvalue weighted by atomic mass is 127. The minimum Gasteiger partial charge on any atom is -0.497 e. The largest absolute Gasteiger partial charge is 0.497 e. The lowest BCUT2D eigenvalue weighted by atomic mass is 10.2. The van der Waals surface area contributed by atoms with Crippen LogP contribution in [-0.4, -0.2) is 32.8 Å². The fraction of sp³-hybridized carbons (Fsp3) is 0.133. The average Bonchev–Trinajstić information content (AvgIpc) is 2.97. The molecule has 3 rings (SSSR count). The summed E-state index contributed by atoms with van der Waals surface area (Å²) in [6, 6.07) is 9.89. The highest BCUT2D eigenvalue weighted by Crippen LogP contribution is 2.34. The second kappa shape index (κ2) is 6.52. The summed E-state index contributed by atoms with van der Waals surface area (Å²) < 4.78 is 33.8. The van der Waals surface area contributed by atoms with E-state index < -0.39 is 10.0 Å². The van der Waals surface area contributed by atoms with Crippen molar-refractivity contribution in [1.82, 2.24) is 10.2 Å². The molecule has 0 aliphatic heterocycles. The topological polar surface area (TPSA) is 75.3 Å². The normalized spacial score (nSPS) is 11.7. The quantitative estimate of drug-likeness (QED) is 0.530. The molecule has 3 aromatic rings. The number of fused-ring (bicyclic) bond motifs is 1. The minimum absolute atomic E-state index is 0.187. The average molecular weight is 522 g/mol. The third-order valence-corrected chi connectivity index (χ3v) is 6.91. The summed E-state index contributed by atoms with van der Waals surface area (Å²) in [5, 5.41) is 7.93. The second-order valence-electron chi connectivity index (χ2n) is 4.98. The summed E-state index contributed by atoms with van der Waals surface area (Å²) in [7, 11) is -0.653. The van der Waals surface area contributed by atoms with Gasteiger partial charge in [-0.05, 0) is 74.9 Å². The van der Waals surface area contributed by atoms with E-state index in [1.807, 2.05) is 6.07 Å². The maximum absolute atomic E-state index is 12.9. The Kier molecular flexibility index (Phi) is 4.76. The van der Waals surface area contributed by atoms with E-state index in [0.717, 1.165) is 13.6 Å². The Labute approximate surface area is 161 Å². The predicted octanol–water partition coefficient (Wildman–Crippen LogP) is 3.76. The number of aromatic nitrogens is 2. The molecule has 1 heterocycles. The summed E-state index contributed by atoms with van der Waals surface area (Å²) >= 11 is 5.60. The van der Waals surface area contributed by atoms with Crippen LogP contribution in [0.2, 0.25) is 0 Å². The van der Waals surface area contributed by atoms with Gasteiger partial charge in [-0.2, -0.15) is 5.10 Å². The number of halogens is 2. The zero-order chi connectivity index (χ0) is 17.5. The number of H-pyrrole nitrogens is 1. The Morgan fingerprint density at radius 2 is 1.88 bits per heavy atom. The van der Waals surface area contributed by atoms with Gasteiger partial charge < -0.3 is 4.74 Å². The molecule has 1 aromatic heterocycles. The van der Waals surface area contributed by atoms with Crippen molar-refractivity contribution in [2.75, 3.05) is 18.5 Å². The number of ether oxygens (including phenoxy) is 1. The Hall–Kier alpha value is -1.33. The molecule has 126 valence electrons. The lowest BCUT2D eigenvalue weighted by Crippen LogP contribution is -2.26. The van der Waals surface area contributed by atoms with Crippen LogP contribution in [0.5, 0.6) is 5.75 Å². The Morgan fingerprint density at radius 3 is 2.50 bits per heavy atom. The van der Waals surface area contributed by atoms with E-state index in [1.165, 1.54) is 30.6 Å². The molecule has 24 heavy (non-hydrogen) atoms. The van der Waals surface area contributed by atoms with E-state index in [0.29, 0.717) is 17.0 Å². The monoisotopic (exact) mass is 521 g/mol. The maximum Gasteiger partial charge on any atom is 0.264 e. The first-order valence-corrected chi connectivity index (χ1v) is 10.1. The smallest absolute Gasteiger partial charge is 0.264 e. The van der Waals surface area contributed by atoms with Gasteiger partial charge in [0, 0.05) is 16.0 Å². The molecule has 0 atom stereocenters. The molecule has 0 bridgehead atoms. The molecule has 6 nitrogen and oxygen atoms in total. The summed E-state index contributed by atoms with van der Waals surface area (Å²) in [6.07, 6.45) is 0. The number of hydrogen-bond donors (Lipinski definition) is 1. The Bertz CT molecular complexity index is 1000. The van der Waals surface area contributed by atoms with Gasteiger partial charge in [-0.15, -0.1) is 0 Å². The zero-order valence-corrected chi connectivity index (χ0v) is 17.3. The van der Waals surface area contributed by atoms with Crippen LogP contribution in [0.4, 0.5) is 5.69 Å². The van der Waals surface area contributed by atoms with Gasteiger partial charge in [-0.3, -0.25) is 9.40 Å². The van der Waals surface area contributed by atoms with Crippen molar-refractivity contribution in [2.24, 2.45) is 0 Å². The molecule has 2 aromatic carbocycles. The van der Waals surface area contributed by atoms with E-state index in [-0.39, 0.29) is 4.90 Å². The molecule has 0 fully saturated rings. The third kappa shape index (κ3) is 2.88. The van der Waals surface area contributed by atoms with Crippen molar-refractivity contribution in [2.45, 2.75) is 4.90 Å². The fourth-order valence-electron chi connectivity index (χ4n) is 2.33. The van der Waals surface area contributed by atoms with Crippen molar-refractivity contribution in [3.05, 3.63) is 44.6 Å². The molecule has 0 radical (unpaired) electrons. The molecule has 9 heteroatoms. The second-order valence-corrected chi connectivity index (χ2v) is 8.90. The van der Waals surface area contributed by atoms with E-state index in [9.17, 15) is 8.42 Å². The molecule has 0 saturated carbocycles. The molecule has 1 N–H and O–H groups in total. The maximum atomic E-state index is 12.9. The van der Waals surface area contributed by atoms with E-state index in [1.54, 1.807) is 18.2 Å². The predicted molar refractivity (Wildman–Crippen MR) is 105 cm³/mol. The molecule has 0 saturated heterocycles. The van der Waals surface area contributed by atoms with Crippen LogP contribution in [0.3, 0.4) is 0 Å². The van der Waals surface area contributed by atoms with Gasteiger partial charge in [0.05, 0.1) is 17.7 Å². The molecule has 0 unspecified atom stereocenters. The number of aromatic amines is 1. The van der Waals surface area contributed by atoms with Crippen LogP contribution in [0.1, 0.15) is 0 Å². The van der Waals surface area contributed by atoms with Crippen LogP contribution in [0.15, 0.2) is 45.9 Å². The van der Waals surface area contributed by atoms with Gasteiger partial charge in [0.15, 0.2) is 0 Å². The SMILES string of the molecule is COc1ccc(S(=O)(=O)N(C)c2ccc(I)c3c(Br)[nH]nc23)cc1. The lowest BCUT2D eigenvalue weighted by Gasteiger charge is -2.20. The summed E-state index contributed by atoms with van der Waals surface area (Å²) in [5.74, 6) is 0.601. The van der Waals surface area contributed by atoms with Crippen molar-refractivity contribution in [3.8, 4) is 5.75 Å². The van der Waals surface area contributed by atoms with Crippen molar-refractivity contribution in [3.63, 3.8) is 0 Å². The van der Waals surface area contributed by atoms with E-state index in [4.69, 9.17) is 4.74 Å². The number of nitrogens with one attached hydrogen (secondary N) is 1. The van der Waals surface area contributed by atoms with Gasteiger partial charge in [-0.1, -0.05) is 0 Å². The van der Waals surface area contributed by atoms with Crippen molar-refractivity contribution < 1.29 is 13.2 Å².